The molecular weight excluding hydrogens is 238 g/mol. The number of benzene rings is 2. The van der Waals surface area contributed by atoms with Crippen LogP contribution in [0.3, 0.4) is 0 Å². The molecule has 0 spiro atoms. The van der Waals surface area contributed by atoms with Gasteiger partial charge in [0.25, 0.3) is 5.91 Å². The Morgan fingerprint density at radius 1 is 0.842 bits per heavy atom. The predicted molar refractivity (Wildman–Crippen MR) is 73.8 cm³/mol. The van der Waals surface area contributed by atoms with Crippen LogP contribution >= 0.6 is 0 Å². The molecule has 2 aromatic carbocycles. The van der Waals surface area contributed by atoms with Crippen LogP contribution in [0.15, 0.2) is 60.7 Å². The Morgan fingerprint density at radius 3 is 2.05 bits per heavy atom. The van der Waals surface area contributed by atoms with Gasteiger partial charge in [-0.2, -0.15) is 0 Å². The molecular formula is C16H13NO2. The molecule has 1 aliphatic heterocycles. The molecule has 0 radical (unpaired) electrons. The van der Waals surface area contributed by atoms with Gasteiger partial charge in [-0.15, -0.1) is 0 Å². The summed E-state index contributed by atoms with van der Waals surface area (Å²) in [6, 6.07) is 19.5. The molecule has 94 valence electrons. The first kappa shape index (κ1) is 11.7. The number of nitrogens with one attached hydrogen (secondary N) is 1. The quantitative estimate of drug-likeness (QED) is 0.891. The molecule has 1 amide bonds. The van der Waals surface area contributed by atoms with E-state index in [1.165, 1.54) is 0 Å². The summed E-state index contributed by atoms with van der Waals surface area (Å²) in [6.07, 6.45) is 0. The third-order valence-corrected chi connectivity index (χ3v) is 3.09. The van der Waals surface area contributed by atoms with E-state index in [-0.39, 0.29) is 5.91 Å². The van der Waals surface area contributed by atoms with E-state index in [4.69, 9.17) is 4.84 Å². The Hall–Kier alpha value is -2.39. The van der Waals surface area contributed by atoms with Crippen molar-refractivity contribution in [2.75, 3.05) is 6.61 Å². The highest BCUT2D eigenvalue weighted by atomic mass is 16.7. The molecule has 19 heavy (non-hydrogen) atoms. The smallest absolute Gasteiger partial charge is 0.269 e. The summed E-state index contributed by atoms with van der Waals surface area (Å²) in [5, 5.41) is 0. The maximum absolute atomic E-state index is 12.1. The average molecular weight is 251 g/mol. The third-order valence-electron chi connectivity index (χ3n) is 3.09. The fourth-order valence-electron chi connectivity index (χ4n) is 2.21. The van der Waals surface area contributed by atoms with Gasteiger partial charge in [0.1, 0.15) is 6.61 Å². The lowest BCUT2D eigenvalue weighted by Gasteiger charge is -2.21. The van der Waals surface area contributed by atoms with Crippen molar-refractivity contribution in [3.63, 3.8) is 0 Å². The summed E-state index contributed by atoms with van der Waals surface area (Å²) in [5.41, 5.74) is 5.94. The van der Waals surface area contributed by atoms with E-state index in [9.17, 15) is 4.79 Å². The van der Waals surface area contributed by atoms with Gasteiger partial charge in [-0.3, -0.25) is 9.63 Å². The van der Waals surface area contributed by atoms with E-state index in [1.54, 1.807) is 0 Å². The molecule has 0 atom stereocenters. The zero-order valence-corrected chi connectivity index (χ0v) is 10.3. The van der Waals surface area contributed by atoms with Gasteiger partial charge in [-0.05, 0) is 11.1 Å². The summed E-state index contributed by atoms with van der Waals surface area (Å²) in [4.78, 5) is 17.2. The van der Waals surface area contributed by atoms with Crippen molar-refractivity contribution in [1.29, 1.82) is 0 Å². The second kappa shape index (κ2) is 5.08. The summed E-state index contributed by atoms with van der Waals surface area (Å²) in [6.45, 7) is 0.375. The molecule has 3 nitrogen and oxygen atoms in total. The van der Waals surface area contributed by atoms with Crippen molar-refractivity contribution < 1.29 is 9.63 Å². The Bertz CT molecular complexity index is 618. The zero-order chi connectivity index (χ0) is 13.1. The fourth-order valence-corrected chi connectivity index (χ4v) is 2.21. The SMILES string of the molecule is O=C1NOCC(c2ccccc2)=C1c1ccccc1. The maximum Gasteiger partial charge on any atom is 0.275 e. The van der Waals surface area contributed by atoms with Crippen LogP contribution in [-0.4, -0.2) is 12.5 Å². The van der Waals surface area contributed by atoms with Crippen molar-refractivity contribution in [2.45, 2.75) is 0 Å². The summed E-state index contributed by atoms with van der Waals surface area (Å²) < 4.78 is 0. The summed E-state index contributed by atoms with van der Waals surface area (Å²) >= 11 is 0. The number of hydroxylamine groups is 1. The molecule has 0 saturated heterocycles. The lowest BCUT2D eigenvalue weighted by molar-refractivity contribution is -0.127. The molecule has 0 unspecified atom stereocenters. The number of hydrogen-bond donors (Lipinski definition) is 1. The first-order chi connectivity index (χ1) is 9.36. The average Bonchev–Trinajstić information content (AvgIpc) is 2.49. The minimum atomic E-state index is -0.198. The highest BCUT2D eigenvalue weighted by Crippen LogP contribution is 2.28. The van der Waals surface area contributed by atoms with Crippen LogP contribution in [0, 0.1) is 0 Å². The van der Waals surface area contributed by atoms with Crippen LogP contribution in [0.2, 0.25) is 0 Å². The van der Waals surface area contributed by atoms with E-state index in [0.717, 1.165) is 16.7 Å². The Labute approximate surface area is 111 Å². The van der Waals surface area contributed by atoms with E-state index in [2.05, 4.69) is 5.48 Å². The van der Waals surface area contributed by atoms with Gasteiger partial charge in [-0.25, -0.2) is 5.48 Å². The van der Waals surface area contributed by atoms with Gasteiger partial charge in [0, 0.05) is 5.57 Å². The van der Waals surface area contributed by atoms with Crippen LogP contribution < -0.4 is 5.48 Å². The van der Waals surface area contributed by atoms with Gasteiger partial charge in [0.05, 0.1) is 5.57 Å². The Kier molecular flexibility index (Phi) is 3.12. The molecule has 3 heteroatoms. The maximum atomic E-state index is 12.1. The Balaban J connectivity index is 2.18. The number of hydrogen-bond acceptors (Lipinski definition) is 2. The van der Waals surface area contributed by atoms with Gasteiger partial charge in [0.15, 0.2) is 0 Å². The molecule has 0 fully saturated rings. The molecule has 2 aromatic rings. The van der Waals surface area contributed by atoms with Crippen molar-refractivity contribution >= 4 is 17.1 Å². The predicted octanol–water partition coefficient (Wildman–Crippen LogP) is 2.66. The minimum absolute atomic E-state index is 0.198. The largest absolute Gasteiger partial charge is 0.275 e. The molecule has 0 bridgehead atoms. The van der Waals surface area contributed by atoms with Gasteiger partial charge < -0.3 is 0 Å². The van der Waals surface area contributed by atoms with Crippen LogP contribution in [0.1, 0.15) is 11.1 Å². The second-order valence-electron chi connectivity index (χ2n) is 4.31. The fraction of sp³-hybridized carbons (Fsp3) is 0.0625. The molecule has 1 heterocycles. The molecule has 1 N–H and O–H groups in total. The van der Waals surface area contributed by atoms with E-state index >= 15 is 0 Å². The van der Waals surface area contributed by atoms with Crippen LogP contribution in [0.25, 0.3) is 11.1 Å². The number of carbonyl (C=O) groups is 1. The van der Waals surface area contributed by atoms with Crippen LogP contribution in [-0.2, 0) is 9.63 Å². The standard InChI is InChI=1S/C16H13NO2/c18-16-15(13-9-5-2-6-10-13)14(11-19-17-16)12-7-3-1-4-8-12/h1-10H,11H2,(H,17,18). The van der Waals surface area contributed by atoms with Crippen molar-refractivity contribution in [3.05, 3.63) is 71.8 Å². The van der Waals surface area contributed by atoms with Gasteiger partial charge in [0.2, 0.25) is 0 Å². The number of amides is 1. The summed E-state index contributed by atoms with van der Waals surface area (Å²) in [7, 11) is 0. The molecule has 0 aliphatic carbocycles. The van der Waals surface area contributed by atoms with Crippen molar-refractivity contribution in [3.8, 4) is 0 Å². The first-order valence-electron chi connectivity index (χ1n) is 6.12. The number of carbonyl (C=O) groups excluding carboxylic acids is 1. The number of rotatable bonds is 2. The zero-order valence-electron chi connectivity index (χ0n) is 10.3. The third kappa shape index (κ3) is 2.28. The molecule has 1 aliphatic rings. The lowest BCUT2D eigenvalue weighted by Crippen LogP contribution is -2.31. The molecule has 3 rings (SSSR count). The highest BCUT2D eigenvalue weighted by Gasteiger charge is 2.23. The minimum Gasteiger partial charge on any atom is -0.269 e. The van der Waals surface area contributed by atoms with E-state index in [1.807, 2.05) is 60.7 Å². The second-order valence-corrected chi connectivity index (χ2v) is 4.31. The molecule has 0 saturated carbocycles. The topological polar surface area (TPSA) is 38.3 Å². The molecule has 0 aromatic heterocycles. The van der Waals surface area contributed by atoms with E-state index < -0.39 is 0 Å². The van der Waals surface area contributed by atoms with Crippen LogP contribution in [0.4, 0.5) is 0 Å². The monoisotopic (exact) mass is 251 g/mol. The Morgan fingerprint density at radius 2 is 1.42 bits per heavy atom. The van der Waals surface area contributed by atoms with Crippen molar-refractivity contribution in [2.24, 2.45) is 0 Å². The van der Waals surface area contributed by atoms with E-state index in [0.29, 0.717) is 12.2 Å². The van der Waals surface area contributed by atoms with Gasteiger partial charge in [-0.1, -0.05) is 60.7 Å². The first-order valence-corrected chi connectivity index (χ1v) is 6.12. The normalized spacial score (nSPS) is 15.3. The van der Waals surface area contributed by atoms with Gasteiger partial charge >= 0.3 is 0 Å². The lowest BCUT2D eigenvalue weighted by atomic mass is 9.94. The highest BCUT2D eigenvalue weighted by molar-refractivity contribution is 6.27. The van der Waals surface area contributed by atoms with Crippen LogP contribution in [0.5, 0.6) is 0 Å². The van der Waals surface area contributed by atoms with Crippen molar-refractivity contribution in [1.82, 2.24) is 5.48 Å². The summed E-state index contributed by atoms with van der Waals surface area (Å²) in [5.74, 6) is -0.198.